The molecule has 0 radical (unpaired) electrons. The van der Waals surface area contributed by atoms with Gasteiger partial charge in [-0.25, -0.2) is 0 Å². The molecule has 1 rings (SSSR count). The van der Waals surface area contributed by atoms with Gasteiger partial charge < -0.3 is 4.74 Å². The molecule has 0 fully saturated rings. The smallest absolute Gasteiger partial charge is 0.329 e. The molecule has 0 saturated carbocycles. The number of hydrogen-bond acceptors (Lipinski definition) is 4. The standard InChI is InChI=1S/C16H23ClO5S/c1-2-3-4-5-6-7-8-15(17)16(18)22-13-9-11-14(12-10-13)23(19,20)21/h9-12,15H,2-8H2,1H3,(H,19,20,21). The van der Waals surface area contributed by atoms with Crippen LogP contribution in [-0.2, 0) is 14.9 Å². The van der Waals surface area contributed by atoms with Crippen LogP contribution in [-0.4, -0.2) is 24.3 Å². The summed E-state index contributed by atoms with van der Waals surface area (Å²) >= 11 is 6.01. The van der Waals surface area contributed by atoms with Crippen LogP contribution < -0.4 is 4.74 Å². The van der Waals surface area contributed by atoms with Crippen LogP contribution in [0.15, 0.2) is 29.2 Å². The van der Waals surface area contributed by atoms with Crippen molar-refractivity contribution in [1.29, 1.82) is 0 Å². The third kappa shape index (κ3) is 7.81. The first kappa shape index (κ1) is 19.9. The molecule has 0 spiro atoms. The molecule has 1 aromatic carbocycles. The highest BCUT2D eigenvalue weighted by Crippen LogP contribution is 2.18. The summed E-state index contributed by atoms with van der Waals surface area (Å²) in [6, 6.07) is 4.93. The second-order valence-electron chi connectivity index (χ2n) is 5.39. The van der Waals surface area contributed by atoms with E-state index in [9.17, 15) is 13.2 Å². The predicted molar refractivity (Wildman–Crippen MR) is 89.5 cm³/mol. The van der Waals surface area contributed by atoms with Gasteiger partial charge in [0, 0.05) is 0 Å². The Hall–Kier alpha value is -1.11. The zero-order valence-electron chi connectivity index (χ0n) is 13.2. The Morgan fingerprint density at radius 3 is 2.26 bits per heavy atom. The topological polar surface area (TPSA) is 80.7 Å². The fraction of sp³-hybridized carbons (Fsp3) is 0.562. The molecule has 0 aliphatic heterocycles. The number of benzene rings is 1. The molecule has 0 heterocycles. The van der Waals surface area contributed by atoms with E-state index in [-0.39, 0.29) is 10.6 Å². The Bertz CT molecular complexity index is 583. The third-order valence-electron chi connectivity index (χ3n) is 3.41. The maximum atomic E-state index is 11.8. The summed E-state index contributed by atoms with van der Waals surface area (Å²) in [6.07, 6.45) is 7.23. The molecule has 0 aliphatic carbocycles. The number of carbonyl (C=O) groups is 1. The van der Waals surface area contributed by atoms with E-state index in [0.717, 1.165) is 31.4 Å². The summed E-state index contributed by atoms with van der Waals surface area (Å²) in [5.74, 6) is -0.365. The zero-order chi connectivity index (χ0) is 17.3. The molecule has 0 bridgehead atoms. The van der Waals surface area contributed by atoms with Gasteiger partial charge in [0.25, 0.3) is 10.1 Å². The second kappa shape index (κ2) is 9.90. The summed E-state index contributed by atoms with van der Waals surface area (Å²) in [5.41, 5.74) is 0. The van der Waals surface area contributed by atoms with Gasteiger partial charge in [0.15, 0.2) is 0 Å². The van der Waals surface area contributed by atoms with Crippen molar-refractivity contribution in [2.24, 2.45) is 0 Å². The van der Waals surface area contributed by atoms with Crippen LogP contribution in [0.1, 0.15) is 51.9 Å². The highest BCUT2D eigenvalue weighted by Gasteiger charge is 2.18. The summed E-state index contributed by atoms with van der Waals surface area (Å²) in [4.78, 5) is 11.6. The number of alkyl halides is 1. The van der Waals surface area contributed by atoms with Gasteiger partial charge in [-0.1, -0.05) is 45.4 Å². The van der Waals surface area contributed by atoms with Crippen molar-refractivity contribution >= 4 is 27.7 Å². The summed E-state index contributed by atoms with van der Waals surface area (Å²) in [6.45, 7) is 2.16. The van der Waals surface area contributed by atoms with Crippen LogP contribution in [0.2, 0.25) is 0 Å². The van der Waals surface area contributed by atoms with Crippen molar-refractivity contribution in [3.8, 4) is 5.75 Å². The number of halogens is 1. The molecule has 0 amide bonds. The van der Waals surface area contributed by atoms with E-state index in [1.54, 1.807) is 0 Å². The molecule has 0 aromatic heterocycles. The van der Waals surface area contributed by atoms with Crippen LogP contribution in [0.3, 0.4) is 0 Å². The second-order valence-corrected chi connectivity index (χ2v) is 7.34. The number of carbonyl (C=O) groups excluding carboxylic acids is 1. The minimum absolute atomic E-state index is 0.191. The lowest BCUT2D eigenvalue weighted by Gasteiger charge is -2.09. The van der Waals surface area contributed by atoms with Gasteiger partial charge in [0.2, 0.25) is 0 Å². The first-order valence-electron chi connectivity index (χ1n) is 7.78. The van der Waals surface area contributed by atoms with Gasteiger partial charge in [-0.3, -0.25) is 9.35 Å². The molecular formula is C16H23ClO5S. The number of esters is 1. The van der Waals surface area contributed by atoms with Gasteiger partial charge in [0.1, 0.15) is 11.1 Å². The third-order valence-corrected chi connectivity index (χ3v) is 4.67. The Morgan fingerprint density at radius 1 is 1.13 bits per heavy atom. The summed E-state index contributed by atoms with van der Waals surface area (Å²) < 4.78 is 35.8. The SMILES string of the molecule is CCCCCCCCC(Cl)C(=O)Oc1ccc(S(=O)(=O)O)cc1. The Morgan fingerprint density at radius 2 is 1.70 bits per heavy atom. The van der Waals surface area contributed by atoms with Crippen LogP contribution in [0, 0.1) is 0 Å². The largest absolute Gasteiger partial charge is 0.425 e. The van der Waals surface area contributed by atoms with E-state index >= 15 is 0 Å². The molecule has 130 valence electrons. The number of rotatable bonds is 10. The van der Waals surface area contributed by atoms with Crippen LogP contribution in [0.5, 0.6) is 5.75 Å². The van der Waals surface area contributed by atoms with Gasteiger partial charge in [0.05, 0.1) is 4.90 Å². The van der Waals surface area contributed by atoms with Crippen molar-refractivity contribution < 1.29 is 22.5 Å². The molecule has 1 unspecified atom stereocenters. The molecule has 0 aliphatic rings. The van der Waals surface area contributed by atoms with Gasteiger partial charge in [-0.15, -0.1) is 11.6 Å². The van der Waals surface area contributed by atoms with E-state index in [0.29, 0.717) is 6.42 Å². The molecule has 5 nitrogen and oxygen atoms in total. The molecule has 0 saturated heterocycles. The predicted octanol–water partition coefficient (Wildman–Crippen LogP) is 4.20. The zero-order valence-corrected chi connectivity index (χ0v) is 14.8. The average Bonchev–Trinajstić information content (AvgIpc) is 2.50. The maximum absolute atomic E-state index is 11.8. The lowest BCUT2D eigenvalue weighted by molar-refractivity contribution is -0.134. The Kier molecular flexibility index (Phi) is 8.58. The average molecular weight is 363 g/mol. The van der Waals surface area contributed by atoms with Crippen LogP contribution in [0.4, 0.5) is 0 Å². The first-order chi connectivity index (χ1) is 10.8. The van der Waals surface area contributed by atoms with Crippen LogP contribution in [0.25, 0.3) is 0 Å². The van der Waals surface area contributed by atoms with E-state index in [4.69, 9.17) is 20.9 Å². The minimum Gasteiger partial charge on any atom is -0.425 e. The fourth-order valence-electron chi connectivity index (χ4n) is 2.08. The van der Waals surface area contributed by atoms with Gasteiger partial charge >= 0.3 is 5.97 Å². The molecule has 1 N–H and O–H groups in total. The number of ether oxygens (including phenoxy) is 1. The first-order valence-corrected chi connectivity index (χ1v) is 9.65. The highest BCUT2D eigenvalue weighted by atomic mass is 35.5. The van der Waals surface area contributed by atoms with E-state index < -0.39 is 21.5 Å². The molecular weight excluding hydrogens is 340 g/mol. The van der Waals surface area contributed by atoms with Crippen molar-refractivity contribution in [1.82, 2.24) is 0 Å². The normalized spacial score (nSPS) is 12.8. The lowest BCUT2D eigenvalue weighted by Crippen LogP contribution is -2.20. The maximum Gasteiger partial charge on any atom is 0.329 e. The Balaban J connectivity index is 2.37. The summed E-state index contributed by atoms with van der Waals surface area (Å²) in [5, 5.41) is -0.720. The quantitative estimate of drug-likeness (QED) is 0.222. The van der Waals surface area contributed by atoms with E-state index in [2.05, 4.69) is 6.92 Å². The highest BCUT2D eigenvalue weighted by molar-refractivity contribution is 7.85. The lowest BCUT2D eigenvalue weighted by atomic mass is 10.1. The molecule has 1 atom stereocenters. The van der Waals surface area contributed by atoms with Gasteiger partial charge in [-0.05, 0) is 30.7 Å². The van der Waals surface area contributed by atoms with Crippen molar-refractivity contribution in [2.45, 2.75) is 62.1 Å². The monoisotopic (exact) mass is 362 g/mol. The summed E-state index contributed by atoms with van der Waals surface area (Å²) in [7, 11) is -4.25. The van der Waals surface area contributed by atoms with Gasteiger partial charge in [-0.2, -0.15) is 8.42 Å². The Labute approximate surface area is 142 Å². The fourth-order valence-corrected chi connectivity index (χ4v) is 2.76. The molecule has 7 heteroatoms. The van der Waals surface area contributed by atoms with E-state index in [1.165, 1.54) is 31.4 Å². The molecule has 1 aromatic rings. The van der Waals surface area contributed by atoms with E-state index in [1.807, 2.05) is 0 Å². The van der Waals surface area contributed by atoms with Crippen molar-refractivity contribution in [2.75, 3.05) is 0 Å². The van der Waals surface area contributed by atoms with Crippen molar-refractivity contribution in [3.05, 3.63) is 24.3 Å². The number of unbranched alkanes of at least 4 members (excludes halogenated alkanes) is 5. The minimum atomic E-state index is -4.25. The van der Waals surface area contributed by atoms with Crippen LogP contribution >= 0.6 is 11.6 Å². The number of hydrogen-bond donors (Lipinski definition) is 1. The molecule has 23 heavy (non-hydrogen) atoms. The van der Waals surface area contributed by atoms with Crippen molar-refractivity contribution in [3.63, 3.8) is 0 Å².